The molecule has 0 bridgehead atoms. The van der Waals surface area contributed by atoms with E-state index in [1.54, 1.807) is 10.9 Å². The lowest BCUT2D eigenvalue weighted by Crippen LogP contribution is -2.32. The molecule has 0 aromatic carbocycles. The minimum Gasteiger partial charge on any atom is -0.335 e. The molecule has 126 valence electrons. The molecule has 3 atom stereocenters. The van der Waals surface area contributed by atoms with Crippen LogP contribution in [0.15, 0.2) is 24.5 Å². The highest BCUT2D eigenvalue weighted by atomic mass is 35.5. The zero-order valence-corrected chi connectivity index (χ0v) is 14.7. The van der Waals surface area contributed by atoms with Gasteiger partial charge in [-0.05, 0) is 43.7 Å². The number of rotatable bonds is 3. The van der Waals surface area contributed by atoms with Crippen LogP contribution in [0, 0.1) is 12.8 Å². The molecule has 2 aromatic rings. The minimum absolute atomic E-state index is 0.0637. The molecule has 0 spiro atoms. The highest BCUT2D eigenvalue weighted by Crippen LogP contribution is 2.50. The number of pyridine rings is 1. The van der Waals surface area contributed by atoms with Gasteiger partial charge >= 0.3 is 0 Å². The molecule has 1 aliphatic carbocycles. The second-order valence-electron chi connectivity index (χ2n) is 6.84. The van der Waals surface area contributed by atoms with Crippen molar-refractivity contribution in [2.45, 2.75) is 38.1 Å². The van der Waals surface area contributed by atoms with E-state index in [1.807, 2.05) is 31.1 Å². The van der Waals surface area contributed by atoms with E-state index in [4.69, 9.17) is 11.6 Å². The van der Waals surface area contributed by atoms with Gasteiger partial charge in [-0.2, -0.15) is 5.10 Å². The SMILES string of the molecule is Cc1nn(C)c(Cl)c1[C@@H]1CCCN1C(=O)[C@@H]1C[C@H]1c1cccnc1. The van der Waals surface area contributed by atoms with Gasteiger partial charge in [0.25, 0.3) is 0 Å². The maximum atomic E-state index is 13.0. The first-order chi connectivity index (χ1) is 11.6. The number of carbonyl (C=O) groups excluding carboxylic acids is 1. The number of halogens is 1. The monoisotopic (exact) mass is 344 g/mol. The molecule has 0 radical (unpaired) electrons. The Kier molecular flexibility index (Phi) is 3.83. The molecule has 0 N–H and O–H groups in total. The Hall–Kier alpha value is -1.88. The smallest absolute Gasteiger partial charge is 0.226 e. The zero-order chi connectivity index (χ0) is 16.8. The average molecular weight is 345 g/mol. The van der Waals surface area contributed by atoms with Gasteiger partial charge in [0.15, 0.2) is 0 Å². The van der Waals surface area contributed by atoms with Crippen LogP contribution in [-0.4, -0.2) is 32.1 Å². The molecule has 2 aromatic heterocycles. The van der Waals surface area contributed by atoms with E-state index in [2.05, 4.69) is 16.1 Å². The summed E-state index contributed by atoms with van der Waals surface area (Å²) in [4.78, 5) is 19.2. The maximum absolute atomic E-state index is 13.0. The Labute approximate surface area is 146 Å². The van der Waals surface area contributed by atoms with Crippen LogP contribution in [0.2, 0.25) is 5.15 Å². The lowest BCUT2D eigenvalue weighted by Gasteiger charge is -2.25. The summed E-state index contributed by atoms with van der Waals surface area (Å²) in [7, 11) is 1.85. The van der Waals surface area contributed by atoms with E-state index < -0.39 is 0 Å². The van der Waals surface area contributed by atoms with Crippen LogP contribution in [0.4, 0.5) is 0 Å². The van der Waals surface area contributed by atoms with Crippen molar-refractivity contribution in [1.29, 1.82) is 0 Å². The van der Waals surface area contributed by atoms with E-state index in [0.717, 1.165) is 37.1 Å². The predicted octanol–water partition coefficient (Wildman–Crippen LogP) is 3.24. The molecule has 4 rings (SSSR count). The molecule has 1 saturated heterocycles. The number of likely N-dealkylation sites (tertiary alicyclic amines) is 1. The highest BCUT2D eigenvalue weighted by molar-refractivity contribution is 6.30. The van der Waals surface area contributed by atoms with Crippen molar-refractivity contribution in [1.82, 2.24) is 19.7 Å². The van der Waals surface area contributed by atoms with Gasteiger partial charge in [-0.25, -0.2) is 0 Å². The van der Waals surface area contributed by atoms with Crippen molar-refractivity contribution >= 4 is 17.5 Å². The summed E-state index contributed by atoms with van der Waals surface area (Å²) in [6.45, 7) is 2.78. The predicted molar refractivity (Wildman–Crippen MR) is 91.7 cm³/mol. The van der Waals surface area contributed by atoms with E-state index in [-0.39, 0.29) is 17.9 Å². The van der Waals surface area contributed by atoms with Crippen LogP contribution in [0.5, 0.6) is 0 Å². The molecule has 1 amide bonds. The molecule has 1 aliphatic heterocycles. The molecule has 1 saturated carbocycles. The summed E-state index contributed by atoms with van der Waals surface area (Å²) in [5.74, 6) is 0.661. The lowest BCUT2D eigenvalue weighted by atomic mass is 10.0. The average Bonchev–Trinajstić information content (AvgIpc) is 3.18. The van der Waals surface area contributed by atoms with Crippen LogP contribution in [-0.2, 0) is 11.8 Å². The van der Waals surface area contributed by atoms with Gasteiger partial charge in [0.1, 0.15) is 5.15 Å². The van der Waals surface area contributed by atoms with E-state index in [9.17, 15) is 4.79 Å². The molecular weight excluding hydrogens is 324 g/mol. The number of carbonyl (C=O) groups is 1. The van der Waals surface area contributed by atoms with Crippen molar-refractivity contribution in [2.75, 3.05) is 6.54 Å². The highest BCUT2D eigenvalue weighted by Gasteiger charge is 2.48. The van der Waals surface area contributed by atoms with Crippen LogP contribution in [0.3, 0.4) is 0 Å². The molecule has 3 heterocycles. The zero-order valence-electron chi connectivity index (χ0n) is 13.9. The third kappa shape index (κ3) is 2.51. The molecule has 2 fully saturated rings. The van der Waals surface area contributed by atoms with E-state index >= 15 is 0 Å². The van der Waals surface area contributed by atoms with Crippen LogP contribution >= 0.6 is 11.6 Å². The summed E-state index contributed by atoms with van der Waals surface area (Å²) in [5, 5.41) is 5.06. The van der Waals surface area contributed by atoms with E-state index in [0.29, 0.717) is 11.1 Å². The fourth-order valence-electron chi connectivity index (χ4n) is 4.00. The van der Waals surface area contributed by atoms with Gasteiger partial charge in [0.05, 0.1) is 11.7 Å². The van der Waals surface area contributed by atoms with Crippen LogP contribution in [0.1, 0.15) is 48.0 Å². The molecule has 6 heteroatoms. The largest absolute Gasteiger partial charge is 0.335 e. The van der Waals surface area contributed by atoms with E-state index in [1.165, 1.54) is 5.56 Å². The third-order valence-electron chi connectivity index (χ3n) is 5.29. The standard InChI is InChI=1S/C18H21ClN4O/c1-11-16(17(19)22(2)21-11)15-6-4-8-23(15)18(24)14-9-13(14)12-5-3-7-20-10-12/h3,5,7,10,13-15H,4,6,8-9H2,1-2H3/t13-,14+,15-/m0/s1. The summed E-state index contributed by atoms with van der Waals surface area (Å²) >= 11 is 6.44. The Balaban J connectivity index is 1.55. The Morgan fingerprint density at radius 1 is 1.42 bits per heavy atom. The second-order valence-corrected chi connectivity index (χ2v) is 7.20. The van der Waals surface area contributed by atoms with Gasteiger partial charge in [-0.1, -0.05) is 17.7 Å². The van der Waals surface area contributed by atoms with Crippen molar-refractivity contribution in [2.24, 2.45) is 13.0 Å². The number of aryl methyl sites for hydroxylation is 2. The van der Waals surface area contributed by atoms with Crippen molar-refractivity contribution in [3.05, 3.63) is 46.5 Å². The first kappa shape index (κ1) is 15.6. The maximum Gasteiger partial charge on any atom is 0.226 e. The Morgan fingerprint density at radius 2 is 2.25 bits per heavy atom. The number of aromatic nitrogens is 3. The van der Waals surface area contributed by atoms with Crippen molar-refractivity contribution in [3.8, 4) is 0 Å². The normalized spacial score (nSPS) is 26.0. The number of nitrogens with zero attached hydrogens (tertiary/aromatic N) is 4. The topological polar surface area (TPSA) is 51.0 Å². The van der Waals surface area contributed by atoms with Gasteiger partial charge in [-0.3, -0.25) is 14.5 Å². The van der Waals surface area contributed by atoms with Gasteiger partial charge in [0.2, 0.25) is 5.91 Å². The molecule has 5 nitrogen and oxygen atoms in total. The van der Waals surface area contributed by atoms with Crippen molar-refractivity contribution in [3.63, 3.8) is 0 Å². The van der Waals surface area contributed by atoms with Gasteiger partial charge in [-0.15, -0.1) is 0 Å². The lowest BCUT2D eigenvalue weighted by molar-refractivity contribution is -0.133. The van der Waals surface area contributed by atoms with Gasteiger partial charge < -0.3 is 4.90 Å². The summed E-state index contributed by atoms with van der Waals surface area (Å²) in [5.41, 5.74) is 3.11. The molecule has 24 heavy (non-hydrogen) atoms. The summed E-state index contributed by atoms with van der Waals surface area (Å²) in [6, 6.07) is 4.06. The molecule has 2 aliphatic rings. The molecular formula is C18H21ClN4O. The number of amides is 1. The first-order valence-electron chi connectivity index (χ1n) is 8.47. The molecule has 0 unspecified atom stereocenters. The Morgan fingerprint density at radius 3 is 2.92 bits per heavy atom. The quantitative estimate of drug-likeness (QED) is 0.858. The minimum atomic E-state index is 0.0637. The fraction of sp³-hybridized carbons (Fsp3) is 0.500. The Bertz CT molecular complexity index is 773. The summed E-state index contributed by atoms with van der Waals surface area (Å²) < 4.78 is 1.70. The second kappa shape index (κ2) is 5.88. The number of hydrogen-bond donors (Lipinski definition) is 0. The first-order valence-corrected chi connectivity index (χ1v) is 8.85. The van der Waals surface area contributed by atoms with Crippen LogP contribution in [0.25, 0.3) is 0 Å². The van der Waals surface area contributed by atoms with Crippen LogP contribution < -0.4 is 0 Å². The van der Waals surface area contributed by atoms with Crippen molar-refractivity contribution < 1.29 is 4.79 Å². The summed E-state index contributed by atoms with van der Waals surface area (Å²) in [6.07, 6.45) is 6.55. The third-order valence-corrected chi connectivity index (χ3v) is 5.73. The van der Waals surface area contributed by atoms with Gasteiger partial charge in [0, 0.05) is 37.5 Å². The fourth-order valence-corrected chi connectivity index (χ4v) is 4.30. The number of hydrogen-bond acceptors (Lipinski definition) is 3.